The Hall–Kier alpha value is -0.810. The largest absolute Gasteiger partial charge is 0.370 e. The van der Waals surface area contributed by atoms with Crippen LogP contribution in [0.25, 0.3) is 0 Å². The van der Waals surface area contributed by atoms with Gasteiger partial charge in [-0.25, -0.2) is 0 Å². The summed E-state index contributed by atoms with van der Waals surface area (Å²) in [7, 11) is 0. The maximum Gasteiger partial charge on any atom is 0.186 e. The molecule has 0 amide bonds. The predicted octanol–water partition coefficient (Wildman–Crippen LogP) is 0.684. The molecule has 5 heteroatoms. The van der Waals surface area contributed by atoms with Crippen LogP contribution in [0, 0.1) is 11.8 Å². The lowest BCUT2D eigenvalue weighted by Crippen LogP contribution is -2.42. The maximum absolute atomic E-state index is 5.98. The molecule has 1 aliphatic rings. The SMILES string of the molecule is CC(C)C1(C(C)C)OCC(CN=C(N)N)O1. The first-order valence-electron chi connectivity index (χ1n) is 5.75. The molecule has 0 aliphatic carbocycles. The summed E-state index contributed by atoms with van der Waals surface area (Å²) in [5.74, 6) is 0.201. The minimum absolute atomic E-state index is 0.0492. The van der Waals surface area contributed by atoms with Gasteiger partial charge in [0.2, 0.25) is 0 Å². The van der Waals surface area contributed by atoms with Gasteiger partial charge in [-0.1, -0.05) is 27.7 Å². The lowest BCUT2D eigenvalue weighted by atomic mass is 9.91. The van der Waals surface area contributed by atoms with Crippen molar-refractivity contribution in [2.45, 2.75) is 39.6 Å². The van der Waals surface area contributed by atoms with E-state index in [9.17, 15) is 0 Å². The van der Waals surface area contributed by atoms with Crippen molar-refractivity contribution in [3.05, 3.63) is 0 Å². The highest BCUT2D eigenvalue weighted by molar-refractivity contribution is 5.75. The van der Waals surface area contributed by atoms with Crippen LogP contribution < -0.4 is 11.5 Å². The van der Waals surface area contributed by atoms with Crippen molar-refractivity contribution in [1.82, 2.24) is 0 Å². The topological polar surface area (TPSA) is 82.9 Å². The number of aliphatic imine (C=N–C) groups is 1. The van der Waals surface area contributed by atoms with Crippen LogP contribution in [0.15, 0.2) is 4.99 Å². The summed E-state index contributed by atoms with van der Waals surface area (Å²) in [6.45, 7) is 9.41. The lowest BCUT2D eigenvalue weighted by Gasteiger charge is -2.35. The number of ether oxygens (including phenoxy) is 2. The molecule has 4 N–H and O–H groups in total. The van der Waals surface area contributed by atoms with Crippen LogP contribution in [0.2, 0.25) is 0 Å². The Morgan fingerprint density at radius 3 is 2.25 bits per heavy atom. The normalized spacial score (nSPS) is 24.0. The third-order valence-corrected chi connectivity index (χ3v) is 2.93. The Balaban J connectivity index is 2.64. The molecule has 1 rings (SSSR count). The van der Waals surface area contributed by atoms with Crippen molar-refractivity contribution in [3.63, 3.8) is 0 Å². The van der Waals surface area contributed by atoms with Crippen molar-refractivity contribution in [1.29, 1.82) is 0 Å². The smallest absolute Gasteiger partial charge is 0.186 e. The molecule has 0 aromatic heterocycles. The van der Waals surface area contributed by atoms with Gasteiger partial charge in [0.05, 0.1) is 13.2 Å². The number of nitrogens with zero attached hydrogens (tertiary/aromatic N) is 1. The van der Waals surface area contributed by atoms with E-state index in [0.717, 1.165) is 0 Å². The Morgan fingerprint density at radius 1 is 1.31 bits per heavy atom. The quantitative estimate of drug-likeness (QED) is 0.548. The van der Waals surface area contributed by atoms with E-state index in [2.05, 4.69) is 32.7 Å². The van der Waals surface area contributed by atoms with Gasteiger partial charge in [-0.2, -0.15) is 0 Å². The average molecular weight is 229 g/mol. The number of hydrogen-bond donors (Lipinski definition) is 2. The zero-order chi connectivity index (χ0) is 12.3. The van der Waals surface area contributed by atoms with Crippen LogP contribution in [0.3, 0.4) is 0 Å². The van der Waals surface area contributed by atoms with E-state index in [-0.39, 0.29) is 12.1 Å². The number of rotatable bonds is 4. The molecule has 1 aliphatic heterocycles. The van der Waals surface area contributed by atoms with E-state index >= 15 is 0 Å². The van der Waals surface area contributed by atoms with E-state index in [1.54, 1.807) is 0 Å². The Kier molecular flexibility index (Phi) is 4.15. The van der Waals surface area contributed by atoms with Gasteiger partial charge in [0.1, 0.15) is 6.10 Å². The van der Waals surface area contributed by atoms with Gasteiger partial charge in [0, 0.05) is 11.8 Å². The highest BCUT2D eigenvalue weighted by Crippen LogP contribution is 2.37. The van der Waals surface area contributed by atoms with E-state index in [0.29, 0.717) is 25.0 Å². The molecule has 1 unspecified atom stereocenters. The summed E-state index contributed by atoms with van der Waals surface area (Å²) in [6.07, 6.45) is -0.0492. The number of guanidine groups is 1. The van der Waals surface area contributed by atoms with Crippen LogP contribution in [-0.2, 0) is 9.47 Å². The Morgan fingerprint density at radius 2 is 1.88 bits per heavy atom. The first kappa shape index (κ1) is 13.3. The monoisotopic (exact) mass is 229 g/mol. The second kappa shape index (κ2) is 5.01. The maximum atomic E-state index is 5.98. The van der Waals surface area contributed by atoms with Crippen LogP contribution in [-0.4, -0.2) is 31.0 Å². The molecule has 5 nitrogen and oxygen atoms in total. The minimum Gasteiger partial charge on any atom is -0.370 e. The average Bonchev–Trinajstić information content (AvgIpc) is 2.59. The van der Waals surface area contributed by atoms with Crippen molar-refractivity contribution >= 4 is 5.96 Å². The van der Waals surface area contributed by atoms with E-state index in [1.807, 2.05) is 0 Å². The first-order chi connectivity index (χ1) is 7.38. The highest BCUT2D eigenvalue weighted by Gasteiger charge is 2.46. The van der Waals surface area contributed by atoms with E-state index < -0.39 is 5.79 Å². The zero-order valence-electron chi connectivity index (χ0n) is 10.6. The molecule has 0 bridgehead atoms. The molecular weight excluding hydrogens is 206 g/mol. The molecular formula is C11H23N3O2. The Bertz CT molecular complexity index is 252. The van der Waals surface area contributed by atoms with Gasteiger partial charge in [0.15, 0.2) is 11.7 Å². The molecule has 0 radical (unpaired) electrons. The molecule has 1 heterocycles. The number of hydrogen-bond acceptors (Lipinski definition) is 3. The van der Waals surface area contributed by atoms with Crippen molar-refractivity contribution in [2.24, 2.45) is 28.3 Å². The summed E-state index contributed by atoms with van der Waals surface area (Å²) in [5.41, 5.74) is 10.6. The fourth-order valence-electron chi connectivity index (χ4n) is 2.12. The van der Waals surface area contributed by atoms with Crippen molar-refractivity contribution < 1.29 is 9.47 Å². The van der Waals surface area contributed by atoms with Crippen LogP contribution in [0.4, 0.5) is 0 Å². The second-order valence-corrected chi connectivity index (χ2v) is 4.85. The third-order valence-electron chi connectivity index (χ3n) is 2.93. The fourth-order valence-corrected chi connectivity index (χ4v) is 2.12. The lowest BCUT2D eigenvalue weighted by molar-refractivity contribution is -0.224. The van der Waals surface area contributed by atoms with Crippen molar-refractivity contribution in [2.75, 3.05) is 13.2 Å². The van der Waals surface area contributed by atoms with Gasteiger partial charge in [-0.15, -0.1) is 0 Å². The summed E-state index contributed by atoms with van der Waals surface area (Å²) in [4.78, 5) is 3.96. The van der Waals surface area contributed by atoms with E-state index in [4.69, 9.17) is 20.9 Å². The van der Waals surface area contributed by atoms with Gasteiger partial charge in [0.25, 0.3) is 0 Å². The van der Waals surface area contributed by atoms with Crippen LogP contribution >= 0.6 is 0 Å². The number of nitrogens with two attached hydrogens (primary N) is 2. The molecule has 0 aromatic carbocycles. The third kappa shape index (κ3) is 2.65. The first-order valence-corrected chi connectivity index (χ1v) is 5.75. The zero-order valence-corrected chi connectivity index (χ0v) is 10.6. The molecule has 0 saturated carbocycles. The van der Waals surface area contributed by atoms with Gasteiger partial charge >= 0.3 is 0 Å². The molecule has 16 heavy (non-hydrogen) atoms. The van der Waals surface area contributed by atoms with Crippen LogP contribution in [0.5, 0.6) is 0 Å². The molecule has 1 saturated heterocycles. The van der Waals surface area contributed by atoms with Gasteiger partial charge in [-0.05, 0) is 0 Å². The molecule has 1 fully saturated rings. The minimum atomic E-state index is -0.496. The van der Waals surface area contributed by atoms with Crippen molar-refractivity contribution in [3.8, 4) is 0 Å². The highest BCUT2D eigenvalue weighted by atomic mass is 16.7. The van der Waals surface area contributed by atoms with E-state index in [1.165, 1.54) is 0 Å². The van der Waals surface area contributed by atoms with Crippen LogP contribution in [0.1, 0.15) is 27.7 Å². The molecule has 94 valence electrons. The standard InChI is InChI=1S/C11H23N3O2/c1-7(2)11(8(3)4)15-6-9(16-11)5-14-10(12)13/h7-9H,5-6H2,1-4H3,(H4,12,13,14). The Labute approximate surface area is 97.2 Å². The molecule has 1 atom stereocenters. The predicted molar refractivity (Wildman–Crippen MR) is 63.9 cm³/mol. The summed E-state index contributed by atoms with van der Waals surface area (Å²) < 4.78 is 11.8. The molecule has 0 aromatic rings. The van der Waals surface area contributed by atoms with Gasteiger partial charge in [-0.3, -0.25) is 4.99 Å². The molecule has 0 spiro atoms. The summed E-state index contributed by atoms with van der Waals surface area (Å²) in [6, 6.07) is 0. The van der Waals surface area contributed by atoms with Gasteiger partial charge < -0.3 is 20.9 Å². The second-order valence-electron chi connectivity index (χ2n) is 4.85. The summed E-state index contributed by atoms with van der Waals surface area (Å²) in [5, 5.41) is 0. The summed E-state index contributed by atoms with van der Waals surface area (Å²) >= 11 is 0. The fraction of sp³-hybridized carbons (Fsp3) is 0.909.